The van der Waals surface area contributed by atoms with Crippen LogP contribution in [0.5, 0.6) is 0 Å². The van der Waals surface area contributed by atoms with Crippen LogP contribution < -0.4 is 5.32 Å². The van der Waals surface area contributed by atoms with E-state index < -0.39 is 11.7 Å². The molecule has 1 fully saturated rings. The normalized spacial score (nSPS) is 16.2. The Morgan fingerprint density at radius 3 is 2.62 bits per heavy atom. The molecule has 2 rings (SSSR count). The number of hydrogen-bond acceptors (Lipinski definition) is 5. The highest BCUT2D eigenvalue weighted by atomic mass is 16.6. The summed E-state index contributed by atoms with van der Waals surface area (Å²) in [4.78, 5) is 16.3. The van der Waals surface area contributed by atoms with E-state index in [2.05, 4.69) is 15.5 Å². The molecule has 0 spiro atoms. The lowest BCUT2D eigenvalue weighted by atomic mass is 10.2. The van der Waals surface area contributed by atoms with Crippen molar-refractivity contribution in [2.45, 2.75) is 59.1 Å². The van der Waals surface area contributed by atoms with Crippen molar-refractivity contribution in [3.8, 4) is 0 Å². The average Bonchev–Trinajstić information content (AvgIpc) is 3.04. The summed E-state index contributed by atoms with van der Waals surface area (Å²) in [5.74, 6) is 1.33. The van der Waals surface area contributed by atoms with Crippen molar-refractivity contribution in [2.24, 2.45) is 5.92 Å². The SMILES string of the molecule is CC(C)=Cc1nc([C@H](NC(=O)OC(C)(C)C)C2CC2)no1. The van der Waals surface area contributed by atoms with Gasteiger partial charge in [-0.3, -0.25) is 0 Å². The second kappa shape index (κ2) is 5.87. The first-order valence-corrected chi connectivity index (χ1v) is 7.22. The maximum absolute atomic E-state index is 11.9. The van der Waals surface area contributed by atoms with E-state index in [9.17, 15) is 4.79 Å². The molecule has 21 heavy (non-hydrogen) atoms. The molecular weight excluding hydrogens is 270 g/mol. The van der Waals surface area contributed by atoms with Crippen molar-refractivity contribution in [1.82, 2.24) is 15.5 Å². The number of nitrogens with one attached hydrogen (secondary N) is 1. The van der Waals surface area contributed by atoms with Gasteiger partial charge in [-0.2, -0.15) is 4.98 Å². The van der Waals surface area contributed by atoms with Gasteiger partial charge in [0.2, 0.25) is 0 Å². The van der Waals surface area contributed by atoms with Crippen LogP contribution in [-0.4, -0.2) is 21.8 Å². The molecule has 0 radical (unpaired) electrons. The van der Waals surface area contributed by atoms with E-state index in [4.69, 9.17) is 9.26 Å². The van der Waals surface area contributed by atoms with Gasteiger partial charge in [0.25, 0.3) is 5.89 Å². The van der Waals surface area contributed by atoms with E-state index in [0.717, 1.165) is 18.4 Å². The third-order valence-corrected chi connectivity index (χ3v) is 2.91. The quantitative estimate of drug-likeness (QED) is 0.919. The molecule has 1 aromatic rings. The molecule has 0 aliphatic heterocycles. The highest BCUT2D eigenvalue weighted by molar-refractivity contribution is 5.68. The van der Waals surface area contributed by atoms with Crippen LogP contribution in [0.15, 0.2) is 10.1 Å². The summed E-state index contributed by atoms with van der Waals surface area (Å²) in [6.07, 6.45) is 3.46. The van der Waals surface area contributed by atoms with Crippen LogP contribution in [0.4, 0.5) is 4.79 Å². The van der Waals surface area contributed by atoms with Crippen LogP contribution in [0.3, 0.4) is 0 Å². The van der Waals surface area contributed by atoms with E-state index in [-0.39, 0.29) is 6.04 Å². The second-order valence-electron chi connectivity index (χ2n) is 6.67. The number of carbonyl (C=O) groups is 1. The van der Waals surface area contributed by atoms with E-state index in [0.29, 0.717) is 17.6 Å². The molecule has 1 aliphatic carbocycles. The van der Waals surface area contributed by atoms with Gasteiger partial charge in [0.05, 0.1) is 6.04 Å². The molecule has 1 aliphatic rings. The van der Waals surface area contributed by atoms with Crippen molar-refractivity contribution in [3.05, 3.63) is 17.3 Å². The second-order valence-corrected chi connectivity index (χ2v) is 6.67. The Balaban J connectivity index is 2.07. The number of nitrogens with zero attached hydrogens (tertiary/aromatic N) is 2. The lowest BCUT2D eigenvalue weighted by molar-refractivity contribution is 0.0494. The lowest BCUT2D eigenvalue weighted by Gasteiger charge is -2.22. The molecule has 0 bridgehead atoms. The van der Waals surface area contributed by atoms with Crippen LogP contribution in [0.25, 0.3) is 6.08 Å². The van der Waals surface area contributed by atoms with Crippen molar-refractivity contribution in [3.63, 3.8) is 0 Å². The molecule has 6 nitrogen and oxygen atoms in total. The first-order valence-electron chi connectivity index (χ1n) is 7.22. The first-order chi connectivity index (χ1) is 9.74. The van der Waals surface area contributed by atoms with Gasteiger partial charge in [0.15, 0.2) is 5.82 Å². The standard InChI is InChI=1S/C15H23N3O3/c1-9(2)8-11-16-13(18-21-11)12(10-6-7-10)17-14(19)20-15(3,4)5/h8,10,12H,6-7H2,1-5H3,(H,17,19)/t12-/m1/s1. The maximum atomic E-state index is 11.9. The largest absolute Gasteiger partial charge is 0.444 e. The van der Waals surface area contributed by atoms with Gasteiger partial charge in [-0.1, -0.05) is 10.7 Å². The first kappa shape index (κ1) is 15.5. The molecule has 1 saturated carbocycles. The number of ether oxygens (including phenoxy) is 1. The number of carbonyl (C=O) groups excluding carboxylic acids is 1. The number of aromatic nitrogens is 2. The molecule has 0 saturated heterocycles. The van der Waals surface area contributed by atoms with Gasteiger partial charge >= 0.3 is 6.09 Å². The van der Waals surface area contributed by atoms with Gasteiger partial charge in [0, 0.05) is 6.08 Å². The highest BCUT2D eigenvalue weighted by Crippen LogP contribution is 2.40. The van der Waals surface area contributed by atoms with Crippen molar-refractivity contribution >= 4 is 12.2 Å². The Morgan fingerprint density at radius 1 is 1.43 bits per heavy atom. The van der Waals surface area contributed by atoms with Gasteiger partial charge in [-0.05, 0) is 53.4 Å². The highest BCUT2D eigenvalue weighted by Gasteiger charge is 2.37. The minimum Gasteiger partial charge on any atom is -0.444 e. The number of rotatable bonds is 4. The van der Waals surface area contributed by atoms with Crippen molar-refractivity contribution < 1.29 is 14.1 Å². The van der Waals surface area contributed by atoms with Crippen molar-refractivity contribution in [2.75, 3.05) is 0 Å². The third-order valence-electron chi connectivity index (χ3n) is 2.91. The zero-order valence-corrected chi connectivity index (χ0v) is 13.3. The van der Waals surface area contributed by atoms with E-state index in [1.807, 2.05) is 40.7 Å². The Hall–Kier alpha value is -1.85. The summed E-state index contributed by atoms with van der Waals surface area (Å²) in [6.45, 7) is 9.42. The fourth-order valence-corrected chi connectivity index (χ4v) is 1.94. The van der Waals surface area contributed by atoms with Crippen molar-refractivity contribution in [1.29, 1.82) is 0 Å². The Labute approximate surface area is 124 Å². The van der Waals surface area contributed by atoms with Crippen LogP contribution >= 0.6 is 0 Å². The molecule has 1 atom stereocenters. The smallest absolute Gasteiger partial charge is 0.408 e. The van der Waals surface area contributed by atoms with Gasteiger partial charge < -0.3 is 14.6 Å². The Kier molecular flexibility index (Phi) is 4.34. The van der Waals surface area contributed by atoms with Gasteiger partial charge in [0.1, 0.15) is 5.60 Å². The number of alkyl carbamates (subject to hydrolysis) is 1. The summed E-state index contributed by atoms with van der Waals surface area (Å²) in [6, 6.07) is -0.247. The predicted octanol–water partition coefficient (Wildman–Crippen LogP) is 3.47. The molecule has 1 N–H and O–H groups in total. The maximum Gasteiger partial charge on any atom is 0.408 e. The molecular formula is C15H23N3O3. The zero-order chi connectivity index (χ0) is 15.6. The summed E-state index contributed by atoms with van der Waals surface area (Å²) in [7, 11) is 0. The Morgan fingerprint density at radius 2 is 2.10 bits per heavy atom. The van der Waals surface area contributed by atoms with E-state index in [1.54, 1.807) is 0 Å². The van der Waals surface area contributed by atoms with Crippen LogP contribution in [0.2, 0.25) is 0 Å². The third kappa shape index (κ3) is 4.88. The molecule has 116 valence electrons. The van der Waals surface area contributed by atoms with Gasteiger partial charge in [-0.15, -0.1) is 0 Å². The van der Waals surface area contributed by atoms with Crippen LogP contribution in [0.1, 0.15) is 65.2 Å². The summed E-state index contributed by atoms with van der Waals surface area (Å²) in [5.41, 5.74) is 0.552. The van der Waals surface area contributed by atoms with Gasteiger partial charge in [-0.25, -0.2) is 4.79 Å². The molecule has 0 aromatic carbocycles. The molecule has 1 amide bonds. The fourth-order valence-electron chi connectivity index (χ4n) is 1.94. The fraction of sp³-hybridized carbons (Fsp3) is 0.667. The minimum absolute atomic E-state index is 0.247. The van der Waals surface area contributed by atoms with E-state index in [1.165, 1.54) is 0 Å². The summed E-state index contributed by atoms with van der Waals surface area (Å²) < 4.78 is 10.5. The predicted molar refractivity (Wildman–Crippen MR) is 78.5 cm³/mol. The number of hydrogen-bond donors (Lipinski definition) is 1. The Bertz CT molecular complexity index is 535. The molecule has 1 heterocycles. The van der Waals surface area contributed by atoms with Crippen LogP contribution in [-0.2, 0) is 4.74 Å². The molecule has 6 heteroatoms. The zero-order valence-electron chi connectivity index (χ0n) is 13.3. The van der Waals surface area contributed by atoms with Crippen LogP contribution in [0, 0.1) is 5.92 Å². The average molecular weight is 293 g/mol. The summed E-state index contributed by atoms with van der Waals surface area (Å²) >= 11 is 0. The van der Waals surface area contributed by atoms with E-state index >= 15 is 0 Å². The number of amides is 1. The number of allylic oxidation sites excluding steroid dienone is 1. The summed E-state index contributed by atoms with van der Waals surface area (Å²) in [5, 5.41) is 6.83. The molecule has 0 unspecified atom stereocenters. The lowest BCUT2D eigenvalue weighted by Crippen LogP contribution is -2.36. The molecule has 1 aromatic heterocycles. The monoisotopic (exact) mass is 293 g/mol. The topological polar surface area (TPSA) is 77.2 Å². The minimum atomic E-state index is -0.525.